The Balaban J connectivity index is 1.79. The van der Waals surface area contributed by atoms with Crippen molar-refractivity contribution in [1.29, 1.82) is 0 Å². The zero-order chi connectivity index (χ0) is 24.5. The molecule has 4 N–H and O–H groups in total. The molecule has 7 nitrogen and oxygen atoms in total. The van der Waals surface area contributed by atoms with Gasteiger partial charge in [-0.05, 0) is 43.2 Å². The van der Waals surface area contributed by atoms with Gasteiger partial charge in [-0.25, -0.2) is 4.79 Å². The second-order valence-corrected chi connectivity index (χ2v) is 9.27. The van der Waals surface area contributed by atoms with Gasteiger partial charge >= 0.3 is 12.1 Å². The molecule has 0 radical (unpaired) electrons. The molecule has 1 heterocycles. The van der Waals surface area contributed by atoms with Gasteiger partial charge in [0.25, 0.3) is 0 Å². The average molecular weight is 468 g/mol. The molecule has 1 saturated heterocycles. The summed E-state index contributed by atoms with van der Waals surface area (Å²) in [6, 6.07) is 18.1. The monoisotopic (exact) mass is 467 g/mol. The summed E-state index contributed by atoms with van der Waals surface area (Å²) in [6.07, 6.45) is 2.46. The molecule has 0 aromatic heterocycles. The molecule has 1 amide bonds. The molecule has 34 heavy (non-hydrogen) atoms. The first kappa shape index (κ1) is 25.7. The van der Waals surface area contributed by atoms with Gasteiger partial charge in [0.2, 0.25) is 0 Å². The Kier molecular flexibility index (Phi) is 9.48. The van der Waals surface area contributed by atoms with Crippen LogP contribution in [-0.4, -0.2) is 46.2 Å². The summed E-state index contributed by atoms with van der Waals surface area (Å²) in [4.78, 5) is 26.9. The molecule has 2 aromatic carbocycles. The molecule has 184 valence electrons. The Labute approximate surface area is 202 Å². The van der Waals surface area contributed by atoms with Gasteiger partial charge < -0.3 is 20.9 Å². The van der Waals surface area contributed by atoms with Gasteiger partial charge in [-0.1, -0.05) is 74.0 Å². The number of alkyl carbamates (subject to hydrolysis) is 1. The highest BCUT2D eigenvalue weighted by Crippen LogP contribution is 2.33. The van der Waals surface area contributed by atoms with Crippen molar-refractivity contribution in [3.05, 3.63) is 71.8 Å². The molecule has 1 aliphatic heterocycles. The quantitative estimate of drug-likeness (QED) is 0.458. The number of aliphatic carboxylic acids is 1. The van der Waals surface area contributed by atoms with E-state index in [1.807, 2.05) is 72.5 Å². The van der Waals surface area contributed by atoms with Gasteiger partial charge in [-0.2, -0.15) is 0 Å². The van der Waals surface area contributed by atoms with Gasteiger partial charge in [-0.15, -0.1) is 0 Å². The van der Waals surface area contributed by atoms with E-state index in [4.69, 9.17) is 10.5 Å². The number of carbonyl (C=O) groups is 2. The third-order valence-electron chi connectivity index (χ3n) is 6.72. The van der Waals surface area contributed by atoms with Crippen LogP contribution in [0.2, 0.25) is 0 Å². The number of ether oxygens (including phenoxy) is 1. The molecular formula is C27H37N3O4. The smallest absolute Gasteiger partial charge is 0.407 e. The second-order valence-electron chi connectivity index (χ2n) is 9.27. The first-order valence-electron chi connectivity index (χ1n) is 12.1. The van der Waals surface area contributed by atoms with Crippen molar-refractivity contribution >= 4 is 12.1 Å². The maximum Gasteiger partial charge on any atom is 0.407 e. The van der Waals surface area contributed by atoms with Crippen LogP contribution in [0.25, 0.3) is 0 Å². The normalized spacial score (nSPS) is 22.1. The Morgan fingerprint density at radius 2 is 1.74 bits per heavy atom. The summed E-state index contributed by atoms with van der Waals surface area (Å²) >= 11 is 0. The summed E-state index contributed by atoms with van der Waals surface area (Å²) in [7, 11) is 0. The van der Waals surface area contributed by atoms with Crippen LogP contribution in [0.1, 0.15) is 50.7 Å². The fourth-order valence-electron chi connectivity index (χ4n) is 4.91. The minimum absolute atomic E-state index is 0.0203. The molecular weight excluding hydrogens is 430 g/mol. The first-order valence-corrected chi connectivity index (χ1v) is 12.1. The van der Waals surface area contributed by atoms with Crippen LogP contribution in [-0.2, 0) is 22.7 Å². The summed E-state index contributed by atoms with van der Waals surface area (Å²) in [5.74, 6) is -0.652. The van der Waals surface area contributed by atoms with Gasteiger partial charge in [0, 0.05) is 24.7 Å². The number of carbonyl (C=O) groups excluding carboxylic acids is 1. The Morgan fingerprint density at radius 1 is 1.12 bits per heavy atom. The first-order chi connectivity index (χ1) is 16.4. The van der Waals surface area contributed by atoms with Crippen molar-refractivity contribution < 1.29 is 19.4 Å². The molecule has 0 bridgehead atoms. The van der Waals surface area contributed by atoms with Crippen LogP contribution in [0.5, 0.6) is 0 Å². The number of nitrogens with one attached hydrogen (secondary N) is 1. The molecule has 1 aliphatic rings. The zero-order valence-corrected chi connectivity index (χ0v) is 20.1. The summed E-state index contributed by atoms with van der Waals surface area (Å²) < 4.78 is 5.45. The zero-order valence-electron chi connectivity index (χ0n) is 20.1. The maximum absolute atomic E-state index is 12.7. The highest BCUT2D eigenvalue weighted by Gasteiger charge is 2.46. The van der Waals surface area contributed by atoms with Gasteiger partial charge in [0.15, 0.2) is 0 Å². The van der Waals surface area contributed by atoms with E-state index >= 15 is 0 Å². The van der Waals surface area contributed by atoms with Crippen LogP contribution in [0.4, 0.5) is 4.79 Å². The molecule has 2 aromatic rings. The van der Waals surface area contributed by atoms with Crippen molar-refractivity contribution in [2.75, 3.05) is 0 Å². The number of carboxylic acid groups (broad SMARTS) is 1. The summed E-state index contributed by atoms with van der Waals surface area (Å²) in [6.45, 7) is 4.79. The predicted octanol–water partition coefficient (Wildman–Crippen LogP) is 4.16. The molecule has 3 rings (SSSR count). The lowest BCUT2D eigenvalue weighted by Gasteiger charge is -2.34. The Morgan fingerprint density at radius 3 is 2.29 bits per heavy atom. The lowest BCUT2D eigenvalue weighted by atomic mass is 9.87. The van der Waals surface area contributed by atoms with E-state index in [-0.39, 0.29) is 30.7 Å². The molecule has 5 atom stereocenters. The predicted molar refractivity (Wildman–Crippen MR) is 132 cm³/mol. The van der Waals surface area contributed by atoms with Crippen molar-refractivity contribution in [2.24, 2.45) is 11.7 Å². The topological polar surface area (TPSA) is 105 Å². The third kappa shape index (κ3) is 7.05. The number of nitrogens with zero attached hydrogens (tertiary/aromatic N) is 1. The molecule has 2 unspecified atom stereocenters. The minimum Gasteiger partial charge on any atom is -0.480 e. The fraction of sp³-hybridized carbons (Fsp3) is 0.481. The minimum atomic E-state index is -0.879. The van der Waals surface area contributed by atoms with Gasteiger partial charge in [0.05, 0.1) is 0 Å². The summed E-state index contributed by atoms with van der Waals surface area (Å²) in [5, 5.41) is 13.0. The van der Waals surface area contributed by atoms with Crippen LogP contribution in [0.15, 0.2) is 60.7 Å². The van der Waals surface area contributed by atoms with Crippen molar-refractivity contribution in [3.63, 3.8) is 0 Å². The van der Waals surface area contributed by atoms with Gasteiger partial charge in [-0.3, -0.25) is 9.69 Å². The van der Waals surface area contributed by atoms with Crippen LogP contribution in [0.3, 0.4) is 0 Å². The Bertz CT molecular complexity index is 907. The number of nitrogens with two attached hydrogens (primary N) is 1. The number of amides is 1. The maximum atomic E-state index is 12.7. The highest BCUT2D eigenvalue weighted by molar-refractivity contribution is 5.75. The standard InChI is InChI=1S/C27H37N3O4/c1-3-10-22(19(2)28)15-24-23(29-27(33)34-18-21-13-8-5-9-14-21)16-25(26(31)32)30(24)17-20-11-6-4-7-12-20/h4-9,11-14,19,22-25H,3,10,15-18,28H2,1-2H3,(H,29,33)(H,31,32)/t19?,22?,23-,24+,25-/m1/s1. The number of likely N-dealkylation sites (tertiary alicyclic amines) is 1. The van der Waals surface area contributed by atoms with Crippen molar-refractivity contribution in [2.45, 2.75) is 76.8 Å². The van der Waals surface area contributed by atoms with E-state index in [2.05, 4.69) is 12.2 Å². The molecule has 7 heteroatoms. The van der Waals surface area contributed by atoms with E-state index in [1.165, 1.54) is 0 Å². The van der Waals surface area contributed by atoms with Crippen LogP contribution in [0, 0.1) is 5.92 Å². The molecule has 0 aliphatic carbocycles. The fourth-order valence-corrected chi connectivity index (χ4v) is 4.91. The summed E-state index contributed by atoms with van der Waals surface area (Å²) in [5.41, 5.74) is 8.24. The average Bonchev–Trinajstić information content (AvgIpc) is 3.15. The molecule has 0 saturated carbocycles. The van der Waals surface area contributed by atoms with Gasteiger partial charge in [0.1, 0.15) is 12.6 Å². The number of carboxylic acids is 1. The number of benzene rings is 2. The second kappa shape index (κ2) is 12.5. The van der Waals surface area contributed by atoms with E-state index < -0.39 is 18.1 Å². The van der Waals surface area contributed by atoms with E-state index in [9.17, 15) is 14.7 Å². The SMILES string of the molecule is CCCC(C[C@H]1[C@H](NC(=O)OCc2ccccc2)C[C@H](C(=O)O)N1Cc1ccccc1)C(C)N. The molecule has 1 fully saturated rings. The van der Waals surface area contributed by atoms with Crippen molar-refractivity contribution in [1.82, 2.24) is 10.2 Å². The number of hydrogen-bond donors (Lipinski definition) is 3. The molecule has 0 spiro atoms. The highest BCUT2D eigenvalue weighted by atomic mass is 16.5. The van der Waals surface area contributed by atoms with E-state index in [1.54, 1.807) is 0 Å². The number of rotatable bonds is 11. The number of hydrogen-bond acceptors (Lipinski definition) is 5. The van der Waals surface area contributed by atoms with Crippen LogP contribution >= 0.6 is 0 Å². The Hall–Kier alpha value is -2.90. The lowest BCUT2D eigenvalue weighted by Crippen LogP contribution is -2.48. The lowest BCUT2D eigenvalue weighted by molar-refractivity contribution is -0.143. The van der Waals surface area contributed by atoms with Crippen LogP contribution < -0.4 is 11.1 Å². The van der Waals surface area contributed by atoms with E-state index in [0.717, 1.165) is 24.0 Å². The largest absolute Gasteiger partial charge is 0.480 e. The van der Waals surface area contributed by atoms with E-state index in [0.29, 0.717) is 19.4 Å². The third-order valence-corrected chi connectivity index (χ3v) is 6.72. The van der Waals surface area contributed by atoms with Crippen molar-refractivity contribution in [3.8, 4) is 0 Å².